The SMILES string of the molecule is Cc1cccc(C[C@@H]2S/C(=C(\C#N)C(N)=O)N(c3cccc(C)c3)C2=O)c1. The van der Waals surface area contributed by atoms with Crippen molar-refractivity contribution >= 4 is 29.3 Å². The van der Waals surface area contributed by atoms with Crippen LogP contribution in [0.15, 0.2) is 59.1 Å². The summed E-state index contributed by atoms with van der Waals surface area (Å²) in [7, 11) is 0. The van der Waals surface area contributed by atoms with Gasteiger partial charge in [-0.15, -0.1) is 0 Å². The summed E-state index contributed by atoms with van der Waals surface area (Å²) >= 11 is 1.22. The number of thioether (sulfide) groups is 1. The molecule has 27 heavy (non-hydrogen) atoms. The predicted molar refractivity (Wildman–Crippen MR) is 107 cm³/mol. The predicted octanol–water partition coefficient (Wildman–Crippen LogP) is 3.22. The maximum Gasteiger partial charge on any atom is 0.262 e. The normalized spacial score (nSPS) is 18.3. The van der Waals surface area contributed by atoms with Crippen LogP contribution in [0.25, 0.3) is 0 Å². The first kappa shape index (κ1) is 18.7. The van der Waals surface area contributed by atoms with E-state index in [-0.39, 0.29) is 11.5 Å². The lowest BCUT2D eigenvalue weighted by molar-refractivity contribution is -0.117. The minimum absolute atomic E-state index is 0.156. The second-order valence-corrected chi connectivity index (χ2v) is 7.66. The first-order valence-corrected chi connectivity index (χ1v) is 9.35. The quantitative estimate of drug-likeness (QED) is 0.655. The average molecular weight is 377 g/mol. The number of nitriles is 1. The van der Waals surface area contributed by atoms with E-state index in [2.05, 4.69) is 0 Å². The molecule has 5 nitrogen and oxygen atoms in total. The van der Waals surface area contributed by atoms with Gasteiger partial charge in [0.05, 0.1) is 5.25 Å². The first-order chi connectivity index (χ1) is 12.9. The smallest absolute Gasteiger partial charge is 0.262 e. The number of benzene rings is 2. The molecule has 6 heteroatoms. The molecule has 1 aliphatic rings. The van der Waals surface area contributed by atoms with E-state index in [0.717, 1.165) is 16.7 Å². The van der Waals surface area contributed by atoms with E-state index in [1.54, 1.807) is 6.07 Å². The molecule has 1 atom stereocenters. The second kappa shape index (κ2) is 7.68. The van der Waals surface area contributed by atoms with Crippen molar-refractivity contribution in [2.75, 3.05) is 4.90 Å². The van der Waals surface area contributed by atoms with Gasteiger partial charge in [0.15, 0.2) is 0 Å². The highest BCUT2D eigenvalue weighted by Crippen LogP contribution is 2.42. The zero-order valence-corrected chi connectivity index (χ0v) is 15.9. The Balaban J connectivity index is 2.05. The summed E-state index contributed by atoms with van der Waals surface area (Å²) in [6, 6.07) is 17.2. The van der Waals surface area contributed by atoms with Crippen molar-refractivity contribution in [1.82, 2.24) is 0 Å². The van der Waals surface area contributed by atoms with E-state index in [1.165, 1.54) is 16.7 Å². The number of hydrogen-bond donors (Lipinski definition) is 1. The molecule has 0 saturated carbocycles. The summed E-state index contributed by atoms with van der Waals surface area (Å²) in [6.45, 7) is 3.92. The fraction of sp³-hybridized carbons (Fsp3) is 0.190. The van der Waals surface area contributed by atoms with E-state index in [4.69, 9.17) is 5.73 Å². The van der Waals surface area contributed by atoms with Gasteiger partial charge in [-0.25, -0.2) is 0 Å². The van der Waals surface area contributed by atoms with Crippen LogP contribution in [0.2, 0.25) is 0 Å². The molecule has 0 aliphatic carbocycles. The molecule has 0 aromatic heterocycles. The molecule has 2 aromatic rings. The molecule has 0 bridgehead atoms. The number of hydrogen-bond acceptors (Lipinski definition) is 4. The van der Waals surface area contributed by atoms with Gasteiger partial charge in [0.2, 0.25) is 5.91 Å². The Labute approximate surface area is 162 Å². The number of carbonyl (C=O) groups is 2. The van der Waals surface area contributed by atoms with Crippen molar-refractivity contribution in [2.45, 2.75) is 25.5 Å². The summed E-state index contributed by atoms with van der Waals surface area (Å²) in [4.78, 5) is 26.4. The number of nitrogens with zero attached hydrogens (tertiary/aromatic N) is 2. The standard InChI is InChI=1S/C21H19N3O2S/c1-13-5-3-7-15(9-13)11-18-20(26)24(16-8-4-6-14(2)10-16)21(27-18)17(12-22)19(23)25/h3-10,18H,11H2,1-2H3,(H2,23,25)/b21-17+/t18-/m0/s1. The van der Waals surface area contributed by atoms with Crippen LogP contribution >= 0.6 is 11.8 Å². The van der Waals surface area contributed by atoms with Gasteiger partial charge < -0.3 is 5.73 Å². The van der Waals surface area contributed by atoms with Crippen molar-refractivity contribution in [3.05, 3.63) is 75.8 Å². The molecule has 1 heterocycles. The van der Waals surface area contributed by atoms with Crippen LogP contribution in [0.4, 0.5) is 5.69 Å². The molecule has 2 amide bonds. The fourth-order valence-corrected chi connectivity index (χ4v) is 4.37. The minimum atomic E-state index is -0.832. The summed E-state index contributed by atoms with van der Waals surface area (Å²) in [5, 5.41) is 9.29. The number of aryl methyl sites for hydroxylation is 2. The highest BCUT2D eigenvalue weighted by Gasteiger charge is 2.40. The number of nitrogens with two attached hydrogens (primary N) is 1. The molecule has 0 unspecified atom stereocenters. The van der Waals surface area contributed by atoms with Crippen molar-refractivity contribution in [1.29, 1.82) is 5.26 Å². The van der Waals surface area contributed by atoms with Gasteiger partial charge in [0.25, 0.3) is 5.91 Å². The molecule has 2 aromatic carbocycles. The maximum atomic E-state index is 13.2. The third kappa shape index (κ3) is 3.88. The summed E-state index contributed by atoms with van der Waals surface area (Å²) in [6.07, 6.45) is 0.508. The van der Waals surface area contributed by atoms with Gasteiger partial charge >= 0.3 is 0 Å². The molecule has 136 valence electrons. The van der Waals surface area contributed by atoms with E-state index >= 15 is 0 Å². The molecular weight excluding hydrogens is 358 g/mol. The molecular formula is C21H19N3O2S. The van der Waals surface area contributed by atoms with E-state index in [1.807, 2.05) is 62.4 Å². The van der Waals surface area contributed by atoms with Crippen LogP contribution in [0.1, 0.15) is 16.7 Å². The second-order valence-electron chi connectivity index (χ2n) is 6.47. The third-order valence-corrected chi connectivity index (χ3v) is 5.55. The Morgan fingerprint density at radius 2 is 1.85 bits per heavy atom. The van der Waals surface area contributed by atoms with Crippen molar-refractivity contribution in [3.8, 4) is 6.07 Å². The van der Waals surface area contributed by atoms with Crippen LogP contribution < -0.4 is 10.6 Å². The lowest BCUT2D eigenvalue weighted by Gasteiger charge is -2.18. The van der Waals surface area contributed by atoms with E-state index < -0.39 is 11.2 Å². The number of rotatable bonds is 4. The van der Waals surface area contributed by atoms with Crippen molar-refractivity contribution < 1.29 is 9.59 Å². The van der Waals surface area contributed by atoms with Crippen molar-refractivity contribution in [3.63, 3.8) is 0 Å². The molecule has 1 fully saturated rings. The molecule has 2 N–H and O–H groups in total. The average Bonchev–Trinajstić information content (AvgIpc) is 2.91. The maximum absolute atomic E-state index is 13.2. The molecule has 3 rings (SSSR count). The Bertz CT molecular complexity index is 991. The first-order valence-electron chi connectivity index (χ1n) is 8.47. The van der Waals surface area contributed by atoms with Crippen LogP contribution in [-0.2, 0) is 16.0 Å². The third-order valence-electron chi connectivity index (χ3n) is 4.29. The topological polar surface area (TPSA) is 87.2 Å². The zero-order chi connectivity index (χ0) is 19.6. The lowest BCUT2D eigenvalue weighted by Crippen LogP contribution is -2.31. The Hall–Kier alpha value is -3.04. The molecule has 0 radical (unpaired) electrons. The van der Waals surface area contributed by atoms with E-state index in [0.29, 0.717) is 17.1 Å². The zero-order valence-electron chi connectivity index (χ0n) is 15.1. The molecule has 0 spiro atoms. The van der Waals surface area contributed by atoms with Crippen LogP contribution in [-0.4, -0.2) is 17.1 Å². The summed E-state index contributed by atoms with van der Waals surface area (Å²) in [5.74, 6) is -0.988. The summed E-state index contributed by atoms with van der Waals surface area (Å²) in [5.41, 5.74) is 8.95. The van der Waals surface area contributed by atoms with Gasteiger partial charge in [0, 0.05) is 5.69 Å². The van der Waals surface area contributed by atoms with Gasteiger partial charge in [-0.1, -0.05) is 53.7 Å². The van der Waals surface area contributed by atoms with Crippen LogP contribution in [0, 0.1) is 25.2 Å². The lowest BCUT2D eigenvalue weighted by atomic mass is 10.1. The number of carbonyl (C=O) groups excluding carboxylic acids is 2. The monoisotopic (exact) mass is 377 g/mol. The van der Waals surface area contributed by atoms with Crippen LogP contribution in [0.3, 0.4) is 0 Å². The highest BCUT2D eigenvalue weighted by molar-refractivity contribution is 8.05. The van der Waals surface area contributed by atoms with Gasteiger partial charge in [-0.2, -0.15) is 5.26 Å². The van der Waals surface area contributed by atoms with Gasteiger partial charge in [0.1, 0.15) is 16.7 Å². The van der Waals surface area contributed by atoms with Gasteiger partial charge in [-0.05, 0) is 43.5 Å². The summed E-state index contributed by atoms with van der Waals surface area (Å²) < 4.78 is 0. The van der Waals surface area contributed by atoms with Crippen LogP contribution in [0.5, 0.6) is 0 Å². The molecule has 1 aliphatic heterocycles. The fourth-order valence-electron chi connectivity index (χ4n) is 3.05. The highest BCUT2D eigenvalue weighted by atomic mass is 32.2. The Kier molecular flexibility index (Phi) is 5.33. The number of anilines is 1. The number of amides is 2. The minimum Gasteiger partial charge on any atom is -0.365 e. The van der Waals surface area contributed by atoms with Crippen molar-refractivity contribution in [2.24, 2.45) is 5.73 Å². The largest absolute Gasteiger partial charge is 0.365 e. The van der Waals surface area contributed by atoms with Gasteiger partial charge in [-0.3, -0.25) is 14.5 Å². The Morgan fingerprint density at radius 3 is 2.44 bits per heavy atom. The Morgan fingerprint density at radius 1 is 1.19 bits per heavy atom. The number of primary amides is 1. The van der Waals surface area contributed by atoms with E-state index in [9.17, 15) is 14.9 Å². The molecule has 1 saturated heterocycles.